The molecule has 0 unspecified atom stereocenters. The smallest absolute Gasteiger partial charge is 0.371 e. The molecule has 2 aromatic carbocycles. The lowest BCUT2D eigenvalue weighted by Gasteiger charge is -2.07. The van der Waals surface area contributed by atoms with E-state index in [9.17, 15) is 31.5 Å². The van der Waals surface area contributed by atoms with Gasteiger partial charge in [-0.1, -0.05) is 41.6 Å². The summed E-state index contributed by atoms with van der Waals surface area (Å²) >= 11 is 0. The Morgan fingerprint density at radius 3 is 2.10 bits per heavy atom. The summed E-state index contributed by atoms with van der Waals surface area (Å²) in [5.41, 5.74) is -1.15. The average Bonchev–Trinajstić information content (AvgIpc) is 2.76. The third kappa shape index (κ3) is 5.97. The molecule has 0 bridgehead atoms. The number of oxime groups is 1. The highest BCUT2D eigenvalue weighted by atomic mass is 19.2. The van der Waals surface area contributed by atoms with E-state index in [0.29, 0.717) is 5.56 Å². The topological polar surface area (TPSA) is 65.0 Å². The molecular formula is C21H16F5NO4. The van der Waals surface area contributed by atoms with Gasteiger partial charge in [0.2, 0.25) is 5.82 Å². The summed E-state index contributed by atoms with van der Waals surface area (Å²) in [7, 11) is 0. The van der Waals surface area contributed by atoms with Crippen LogP contribution in [0, 0.1) is 29.1 Å². The van der Waals surface area contributed by atoms with Crippen molar-refractivity contribution in [2.75, 3.05) is 6.61 Å². The molecule has 31 heavy (non-hydrogen) atoms. The van der Waals surface area contributed by atoms with Gasteiger partial charge in [-0.3, -0.25) is 0 Å². The monoisotopic (exact) mass is 441 g/mol. The van der Waals surface area contributed by atoms with E-state index < -0.39 is 46.6 Å². The van der Waals surface area contributed by atoms with Crippen molar-refractivity contribution in [3.05, 3.63) is 82.7 Å². The van der Waals surface area contributed by atoms with Crippen LogP contribution in [0.3, 0.4) is 0 Å². The largest absolute Gasteiger partial charge is 0.463 e. The minimum absolute atomic E-state index is 0.115. The van der Waals surface area contributed by atoms with Crippen molar-refractivity contribution in [1.29, 1.82) is 0 Å². The molecule has 0 N–H and O–H groups in total. The van der Waals surface area contributed by atoms with Gasteiger partial charge in [-0.15, -0.1) is 0 Å². The molecule has 0 aliphatic rings. The summed E-state index contributed by atoms with van der Waals surface area (Å²) < 4.78 is 72.0. The summed E-state index contributed by atoms with van der Waals surface area (Å²) in [6.45, 7) is 1.85. The Balaban J connectivity index is 2.25. The maximum absolute atomic E-state index is 13.8. The van der Waals surface area contributed by atoms with Crippen LogP contribution in [-0.4, -0.2) is 24.3 Å². The summed E-state index contributed by atoms with van der Waals surface area (Å²) in [4.78, 5) is 27.8. The molecule has 0 fully saturated rings. The first-order chi connectivity index (χ1) is 14.8. The van der Waals surface area contributed by atoms with E-state index in [0.717, 1.165) is 0 Å². The van der Waals surface area contributed by atoms with E-state index in [2.05, 4.69) is 9.99 Å². The molecule has 0 aromatic heterocycles. The number of esters is 1. The van der Waals surface area contributed by atoms with Crippen LogP contribution >= 0.6 is 0 Å². The molecule has 5 nitrogen and oxygen atoms in total. The summed E-state index contributed by atoms with van der Waals surface area (Å²) in [6.07, 6.45) is 3.02. The zero-order chi connectivity index (χ0) is 23.0. The van der Waals surface area contributed by atoms with Crippen LogP contribution in [0.2, 0.25) is 0 Å². The van der Waals surface area contributed by atoms with Crippen LogP contribution in [0.4, 0.5) is 22.0 Å². The molecule has 10 heteroatoms. The van der Waals surface area contributed by atoms with Gasteiger partial charge < -0.3 is 9.57 Å². The van der Waals surface area contributed by atoms with Crippen molar-refractivity contribution in [2.45, 2.75) is 19.8 Å². The van der Waals surface area contributed by atoms with E-state index >= 15 is 0 Å². The lowest BCUT2D eigenvalue weighted by Crippen LogP contribution is -2.14. The number of nitrogens with zero attached hydrogens (tertiary/aromatic N) is 1. The lowest BCUT2D eigenvalue weighted by molar-refractivity contribution is -0.137. The molecule has 0 saturated carbocycles. The maximum atomic E-state index is 13.8. The third-order valence-corrected chi connectivity index (χ3v) is 3.85. The van der Waals surface area contributed by atoms with E-state index in [4.69, 9.17) is 4.74 Å². The second kappa shape index (κ2) is 11.0. The second-order valence-electron chi connectivity index (χ2n) is 5.92. The minimum Gasteiger partial charge on any atom is -0.463 e. The van der Waals surface area contributed by atoms with Crippen molar-refractivity contribution in [1.82, 2.24) is 0 Å². The number of allylic oxidation sites excluding steroid dienone is 1. The molecule has 0 atom stereocenters. The van der Waals surface area contributed by atoms with Gasteiger partial charge in [-0.05, 0) is 25.3 Å². The first-order valence-electron chi connectivity index (χ1n) is 8.96. The van der Waals surface area contributed by atoms with Crippen molar-refractivity contribution in [2.24, 2.45) is 5.16 Å². The Hall–Kier alpha value is -3.56. The van der Waals surface area contributed by atoms with Crippen LogP contribution in [0.1, 0.15) is 35.7 Å². The number of halogens is 5. The number of rotatable bonds is 8. The van der Waals surface area contributed by atoms with Gasteiger partial charge in [0.1, 0.15) is 5.56 Å². The van der Waals surface area contributed by atoms with E-state index in [-0.39, 0.29) is 25.2 Å². The Labute approximate surface area is 173 Å². The molecule has 2 rings (SSSR count). The van der Waals surface area contributed by atoms with Crippen molar-refractivity contribution in [3.63, 3.8) is 0 Å². The normalized spacial score (nSPS) is 11.6. The summed E-state index contributed by atoms with van der Waals surface area (Å²) in [5, 5.41) is 3.53. The van der Waals surface area contributed by atoms with Gasteiger partial charge in [0.05, 0.1) is 12.3 Å². The zero-order valence-corrected chi connectivity index (χ0v) is 16.1. The predicted molar refractivity (Wildman–Crippen MR) is 99.6 cm³/mol. The number of hydrogen-bond donors (Lipinski definition) is 0. The quantitative estimate of drug-likeness (QED) is 0.0860. The van der Waals surface area contributed by atoms with Gasteiger partial charge >= 0.3 is 11.9 Å². The predicted octanol–water partition coefficient (Wildman–Crippen LogP) is 4.84. The highest BCUT2D eigenvalue weighted by molar-refractivity contribution is 6.01. The first-order valence-corrected chi connectivity index (χ1v) is 8.96. The highest BCUT2D eigenvalue weighted by Gasteiger charge is 2.31. The van der Waals surface area contributed by atoms with Crippen LogP contribution in [-0.2, 0) is 14.4 Å². The molecule has 164 valence electrons. The maximum Gasteiger partial charge on any atom is 0.371 e. The fourth-order valence-corrected chi connectivity index (χ4v) is 2.39. The number of hydrogen-bond acceptors (Lipinski definition) is 5. The van der Waals surface area contributed by atoms with Gasteiger partial charge in [0.25, 0.3) is 0 Å². The Kier molecular flexibility index (Phi) is 8.42. The molecule has 0 amide bonds. The second-order valence-corrected chi connectivity index (χ2v) is 5.92. The Morgan fingerprint density at radius 1 is 0.935 bits per heavy atom. The fourth-order valence-electron chi connectivity index (χ4n) is 2.39. The van der Waals surface area contributed by atoms with Crippen molar-refractivity contribution < 1.29 is 41.1 Å². The molecule has 0 heterocycles. The van der Waals surface area contributed by atoms with E-state index in [1.165, 1.54) is 12.2 Å². The minimum atomic E-state index is -2.39. The summed E-state index contributed by atoms with van der Waals surface area (Å²) in [5.74, 6) is -14.0. The molecule has 0 spiro atoms. The van der Waals surface area contributed by atoms with Crippen LogP contribution in [0.15, 0.2) is 47.6 Å². The molecular weight excluding hydrogens is 425 g/mol. The summed E-state index contributed by atoms with van der Waals surface area (Å²) in [6, 6.07) is 8.18. The zero-order valence-electron chi connectivity index (χ0n) is 16.1. The number of carbonyl (C=O) groups is 2. The van der Waals surface area contributed by atoms with Gasteiger partial charge in [-0.25, -0.2) is 31.5 Å². The van der Waals surface area contributed by atoms with Gasteiger partial charge in [0, 0.05) is 6.08 Å². The standard InChI is InChI=1S/C21H16F5NO4/c1-2-30-14(28)11-7-6-10-13(12-8-4-3-5-9-12)27-31-21(29)15-16(22)18(24)20(26)19(25)17(15)23/h3-5,7-9,11H,2,6,10H2,1H3/b11-7+,27-13+. The highest BCUT2D eigenvalue weighted by Crippen LogP contribution is 2.24. The van der Waals surface area contributed by atoms with Crippen LogP contribution < -0.4 is 0 Å². The van der Waals surface area contributed by atoms with Crippen molar-refractivity contribution >= 4 is 17.7 Å². The number of carbonyl (C=O) groups excluding carboxylic acids is 2. The lowest BCUT2D eigenvalue weighted by atomic mass is 10.1. The molecule has 0 radical (unpaired) electrons. The molecule has 0 saturated heterocycles. The molecule has 0 aliphatic carbocycles. The fraction of sp³-hybridized carbons (Fsp3) is 0.190. The Bertz CT molecular complexity index is 993. The molecule has 2 aromatic rings. The SMILES string of the molecule is CCOC(=O)/C=C/CC/C(=N\OC(=O)c1c(F)c(F)c(F)c(F)c1F)c1ccccc1. The van der Waals surface area contributed by atoms with Crippen LogP contribution in [0.5, 0.6) is 0 Å². The van der Waals surface area contributed by atoms with Crippen LogP contribution in [0.25, 0.3) is 0 Å². The van der Waals surface area contributed by atoms with Gasteiger partial charge in [-0.2, -0.15) is 0 Å². The van der Waals surface area contributed by atoms with E-state index in [1.54, 1.807) is 37.3 Å². The number of benzene rings is 2. The molecule has 0 aliphatic heterocycles. The van der Waals surface area contributed by atoms with Gasteiger partial charge in [0.15, 0.2) is 23.3 Å². The van der Waals surface area contributed by atoms with E-state index in [1.807, 2.05) is 0 Å². The average molecular weight is 441 g/mol. The first kappa shape index (κ1) is 23.7. The number of ether oxygens (including phenoxy) is 1. The van der Waals surface area contributed by atoms with Crippen molar-refractivity contribution in [3.8, 4) is 0 Å². The Morgan fingerprint density at radius 2 is 1.52 bits per heavy atom. The third-order valence-electron chi connectivity index (χ3n) is 3.85.